The average molecular weight is 354 g/mol. The van der Waals surface area contributed by atoms with Crippen molar-refractivity contribution in [1.29, 1.82) is 0 Å². The molecule has 128 valence electrons. The second-order valence-electron chi connectivity index (χ2n) is 5.62. The van der Waals surface area contributed by atoms with Crippen molar-refractivity contribution in [2.24, 2.45) is 0 Å². The number of carbonyl (C=O) groups is 2. The number of furan rings is 1. The molecule has 3 rings (SSSR count). The highest BCUT2D eigenvalue weighted by Crippen LogP contribution is 2.25. The van der Waals surface area contributed by atoms with Crippen molar-refractivity contribution in [2.45, 2.75) is 13.0 Å². The fourth-order valence-corrected chi connectivity index (χ4v) is 3.22. The lowest BCUT2D eigenvalue weighted by atomic mass is 10.1. The maximum atomic E-state index is 12.6. The first kappa shape index (κ1) is 17.0. The van der Waals surface area contributed by atoms with Crippen molar-refractivity contribution in [3.05, 3.63) is 76.4 Å². The van der Waals surface area contributed by atoms with Crippen molar-refractivity contribution in [3.8, 4) is 0 Å². The third-order valence-electron chi connectivity index (χ3n) is 3.99. The number of thiophene rings is 1. The van der Waals surface area contributed by atoms with Gasteiger partial charge in [0.25, 0.3) is 11.8 Å². The Kier molecular flexibility index (Phi) is 5.00. The molecule has 0 saturated carbocycles. The van der Waals surface area contributed by atoms with Crippen molar-refractivity contribution < 1.29 is 14.0 Å². The molecule has 25 heavy (non-hydrogen) atoms. The molecule has 1 aromatic carbocycles. The van der Waals surface area contributed by atoms with Gasteiger partial charge < -0.3 is 14.6 Å². The van der Waals surface area contributed by atoms with Gasteiger partial charge in [0.05, 0.1) is 12.3 Å². The van der Waals surface area contributed by atoms with Gasteiger partial charge in [-0.1, -0.05) is 6.07 Å². The topological polar surface area (TPSA) is 62.6 Å². The van der Waals surface area contributed by atoms with Gasteiger partial charge in [0.1, 0.15) is 0 Å². The van der Waals surface area contributed by atoms with E-state index in [9.17, 15) is 9.59 Å². The maximum absolute atomic E-state index is 12.6. The van der Waals surface area contributed by atoms with E-state index in [-0.39, 0.29) is 23.6 Å². The number of benzene rings is 1. The summed E-state index contributed by atoms with van der Waals surface area (Å²) in [6, 6.07) is 14.1. The summed E-state index contributed by atoms with van der Waals surface area (Å²) in [7, 11) is 1.79. The van der Waals surface area contributed by atoms with Crippen LogP contribution in [-0.4, -0.2) is 23.8 Å². The molecule has 0 fully saturated rings. The zero-order valence-electron chi connectivity index (χ0n) is 13.9. The van der Waals surface area contributed by atoms with Crippen molar-refractivity contribution >= 4 is 28.8 Å². The summed E-state index contributed by atoms with van der Waals surface area (Å²) in [6.45, 7) is 2.00. The Morgan fingerprint density at radius 2 is 1.88 bits per heavy atom. The number of hydrogen-bond acceptors (Lipinski definition) is 4. The van der Waals surface area contributed by atoms with E-state index in [1.54, 1.807) is 59.7 Å². The van der Waals surface area contributed by atoms with E-state index in [1.165, 1.54) is 6.26 Å². The third-order valence-corrected chi connectivity index (χ3v) is 5.03. The van der Waals surface area contributed by atoms with Crippen LogP contribution in [0.25, 0.3) is 0 Å². The SMILES string of the molecule is C[C@@H](c1cccs1)N(C)C(=O)c1ccc(NC(=O)c2ccco2)cc1. The molecule has 0 unspecified atom stereocenters. The third kappa shape index (κ3) is 3.80. The predicted octanol–water partition coefficient (Wildman–Crippen LogP) is 4.43. The lowest BCUT2D eigenvalue weighted by molar-refractivity contribution is 0.0745. The highest BCUT2D eigenvalue weighted by molar-refractivity contribution is 7.10. The van der Waals surface area contributed by atoms with Gasteiger partial charge in [-0.05, 0) is 54.8 Å². The zero-order chi connectivity index (χ0) is 17.8. The van der Waals surface area contributed by atoms with Gasteiger partial charge >= 0.3 is 0 Å². The Morgan fingerprint density at radius 1 is 1.12 bits per heavy atom. The van der Waals surface area contributed by atoms with E-state index < -0.39 is 0 Å². The van der Waals surface area contributed by atoms with E-state index in [0.717, 1.165) is 4.88 Å². The number of carbonyl (C=O) groups excluding carboxylic acids is 2. The van der Waals surface area contributed by atoms with Crippen molar-refractivity contribution in [2.75, 3.05) is 12.4 Å². The molecule has 0 aliphatic rings. The van der Waals surface area contributed by atoms with Gasteiger partial charge in [-0.25, -0.2) is 0 Å². The zero-order valence-corrected chi connectivity index (χ0v) is 14.7. The van der Waals surface area contributed by atoms with Crippen LogP contribution in [0, 0.1) is 0 Å². The van der Waals surface area contributed by atoms with Crippen LogP contribution in [0.1, 0.15) is 38.8 Å². The molecule has 2 aromatic heterocycles. The minimum Gasteiger partial charge on any atom is -0.459 e. The summed E-state index contributed by atoms with van der Waals surface area (Å²) in [4.78, 5) is 27.4. The molecule has 0 bridgehead atoms. The summed E-state index contributed by atoms with van der Waals surface area (Å²) in [5, 5.41) is 4.73. The van der Waals surface area contributed by atoms with Crippen LogP contribution < -0.4 is 5.32 Å². The Morgan fingerprint density at radius 3 is 2.48 bits per heavy atom. The standard InChI is InChI=1S/C19H18N2O3S/c1-13(17-6-4-12-25-17)21(2)19(23)14-7-9-15(10-8-14)20-18(22)16-5-3-11-24-16/h3-13H,1-2H3,(H,20,22)/t13-/m0/s1. The molecule has 5 nitrogen and oxygen atoms in total. The van der Waals surface area contributed by atoms with E-state index in [4.69, 9.17) is 4.42 Å². The quantitative estimate of drug-likeness (QED) is 0.737. The predicted molar refractivity (Wildman–Crippen MR) is 97.9 cm³/mol. The van der Waals surface area contributed by atoms with Gasteiger partial charge in [-0.2, -0.15) is 0 Å². The molecule has 2 amide bonds. The van der Waals surface area contributed by atoms with Crippen LogP contribution in [0.3, 0.4) is 0 Å². The first-order valence-corrected chi connectivity index (χ1v) is 8.69. The summed E-state index contributed by atoms with van der Waals surface area (Å²) in [6.07, 6.45) is 1.45. The number of rotatable bonds is 5. The molecule has 0 spiro atoms. The van der Waals surface area contributed by atoms with Crippen LogP contribution in [0.2, 0.25) is 0 Å². The average Bonchev–Trinajstić information content (AvgIpc) is 3.33. The van der Waals surface area contributed by atoms with E-state index >= 15 is 0 Å². The summed E-state index contributed by atoms with van der Waals surface area (Å²) in [5.74, 6) is -0.151. The number of hydrogen-bond donors (Lipinski definition) is 1. The lowest BCUT2D eigenvalue weighted by Crippen LogP contribution is -2.29. The monoisotopic (exact) mass is 354 g/mol. The minimum atomic E-state index is -0.326. The largest absolute Gasteiger partial charge is 0.459 e. The molecule has 2 heterocycles. The Balaban J connectivity index is 1.67. The highest BCUT2D eigenvalue weighted by atomic mass is 32.1. The van der Waals surface area contributed by atoms with Gasteiger partial charge in [0, 0.05) is 23.2 Å². The molecular formula is C19H18N2O3S. The fraction of sp³-hybridized carbons (Fsp3) is 0.158. The van der Waals surface area contributed by atoms with Gasteiger partial charge in [0.15, 0.2) is 5.76 Å². The number of nitrogens with one attached hydrogen (secondary N) is 1. The van der Waals surface area contributed by atoms with E-state index in [2.05, 4.69) is 5.32 Å². The van der Waals surface area contributed by atoms with Crippen LogP contribution in [-0.2, 0) is 0 Å². The molecule has 1 atom stereocenters. The summed E-state index contributed by atoms with van der Waals surface area (Å²) >= 11 is 1.63. The van der Waals surface area contributed by atoms with E-state index in [1.807, 2.05) is 24.4 Å². The summed E-state index contributed by atoms with van der Waals surface area (Å²) < 4.78 is 5.05. The second kappa shape index (κ2) is 7.36. The molecule has 1 N–H and O–H groups in total. The van der Waals surface area contributed by atoms with Crippen LogP contribution in [0.15, 0.2) is 64.6 Å². The van der Waals surface area contributed by atoms with Gasteiger partial charge in [0.2, 0.25) is 0 Å². The Hall–Kier alpha value is -2.86. The van der Waals surface area contributed by atoms with Crippen molar-refractivity contribution in [3.63, 3.8) is 0 Å². The van der Waals surface area contributed by atoms with Gasteiger partial charge in [-0.3, -0.25) is 9.59 Å². The van der Waals surface area contributed by atoms with Crippen LogP contribution in [0.4, 0.5) is 5.69 Å². The summed E-state index contributed by atoms with van der Waals surface area (Å²) in [5.41, 5.74) is 1.17. The molecule has 0 saturated heterocycles. The van der Waals surface area contributed by atoms with Crippen LogP contribution >= 0.6 is 11.3 Å². The van der Waals surface area contributed by atoms with Gasteiger partial charge in [-0.15, -0.1) is 11.3 Å². The first-order valence-electron chi connectivity index (χ1n) is 7.81. The lowest BCUT2D eigenvalue weighted by Gasteiger charge is -2.24. The maximum Gasteiger partial charge on any atom is 0.291 e. The minimum absolute atomic E-state index is 0.00540. The normalized spacial score (nSPS) is 11.8. The highest BCUT2D eigenvalue weighted by Gasteiger charge is 2.19. The molecule has 0 radical (unpaired) electrons. The molecule has 0 aliphatic carbocycles. The van der Waals surface area contributed by atoms with Crippen LogP contribution in [0.5, 0.6) is 0 Å². The number of anilines is 1. The Bertz CT molecular complexity index is 839. The number of nitrogens with zero attached hydrogens (tertiary/aromatic N) is 1. The molecule has 3 aromatic rings. The molecular weight excluding hydrogens is 336 g/mol. The van der Waals surface area contributed by atoms with Crippen molar-refractivity contribution in [1.82, 2.24) is 4.90 Å². The van der Waals surface area contributed by atoms with E-state index in [0.29, 0.717) is 11.3 Å². The first-order chi connectivity index (χ1) is 12.1. The fourth-order valence-electron chi connectivity index (χ4n) is 2.40. The molecule has 6 heteroatoms. The Labute approximate surface area is 149 Å². The smallest absolute Gasteiger partial charge is 0.291 e. The number of amides is 2. The molecule has 0 aliphatic heterocycles. The second-order valence-corrected chi connectivity index (χ2v) is 6.60.